The minimum absolute atomic E-state index is 0.654. The summed E-state index contributed by atoms with van der Waals surface area (Å²) in [5.74, 6) is 0.680. The third-order valence-electron chi connectivity index (χ3n) is 6.69. The topological polar surface area (TPSA) is 43.7 Å². The standard InChI is InChI=1S/C24H32BrNO2/c1-17-13-15-26(16-14-17)22(27)24(4,28)23(2,3)21-8-6-5-7-20(21)18-9-11-19(25)12-10-18/h5-12,17,22,27-28H,13-16H2,1-4H3. The molecule has 0 spiro atoms. The average Bonchev–Trinajstić information content (AvgIpc) is 2.68. The Kier molecular flexibility index (Phi) is 6.35. The third-order valence-corrected chi connectivity index (χ3v) is 7.22. The summed E-state index contributed by atoms with van der Waals surface area (Å²) in [7, 11) is 0. The first-order chi connectivity index (χ1) is 13.1. The van der Waals surface area contributed by atoms with Gasteiger partial charge in [-0.2, -0.15) is 0 Å². The van der Waals surface area contributed by atoms with Crippen LogP contribution in [0.5, 0.6) is 0 Å². The van der Waals surface area contributed by atoms with Crippen molar-refractivity contribution in [1.82, 2.24) is 4.90 Å². The number of hydrogen-bond donors (Lipinski definition) is 2. The molecule has 1 fully saturated rings. The van der Waals surface area contributed by atoms with Crippen LogP contribution in [0.1, 0.15) is 46.1 Å². The van der Waals surface area contributed by atoms with Crippen molar-refractivity contribution in [2.24, 2.45) is 5.92 Å². The van der Waals surface area contributed by atoms with Crippen LogP contribution < -0.4 is 0 Å². The minimum atomic E-state index is -1.31. The van der Waals surface area contributed by atoms with E-state index in [9.17, 15) is 10.2 Å². The maximum absolute atomic E-state index is 11.6. The molecule has 28 heavy (non-hydrogen) atoms. The third kappa shape index (κ3) is 4.06. The Labute approximate surface area is 177 Å². The predicted octanol–water partition coefficient (Wildman–Crippen LogP) is 5.20. The molecule has 1 aliphatic heterocycles. The first-order valence-electron chi connectivity index (χ1n) is 10.1. The molecule has 2 N–H and O–H groups in total. The van der Waals surface area contributed by atoms with Crippen molar-refractivity contribution in [1.29, 1.82) is 0 Å². The second-order valence-corrected chi connectivity index (χ2v) is 9.83. The zero-order valence-corrected chi connectivity index (χ0v) is 18.9. The van der Waals surface area contributed by atoms with Gasteiger partial charge in [0.25, 0.3) is 0 Å². The number of aliphatic hydroxyl groups excluding tert-OH is 1. The Hall–Kier alpha value is -1.20. The first-order valence-corrected chi connectivity index (χ1v) is 10.9. The van der Waals surface area contributed by atoms with E-state index in [1.807, 2.05) is 43.0 Å². The summed E-state index contributed by atoms with van der Waals surface area (Å²) < 4.78 is 1.04. The van der Waals surface area contributed by atoms with Crippen molar-refractivity contribution in [3.8, 4) is 11.1 Å². The van der Waals surface area contributed by atoms with Crippen LogP contribution in [0.15, 0.2) is 53.0 Å². The first kappa shape index (κ1) is 21.5. The van der Waals surface area contributed by atoms with E-state index in [0.29, 0.717) is 5.92 Å². The number of piperidine rings is 1. The summed E-state index contributed by atoms with van der Waals surface area (Å²) in [5.41, 5.74) is 1.26. The molecular formula is C24H32BrNO2. The monoisotopic (exact) mass is 445 g/mol. The van der Waals surface area contributed by atoms with E-state index in [4.69, 9.17) is 0 Å². The van der Waals surface area contributed by atoms with E-state index >= 15 is 0 Å². The van der Waals surface area contributed by atoms with Gasteiger partial charge in [0.15, 0.2) is 0 Å². The molecule has 0 bridgehead atoms. The minimum Gasteiger partial charge on any atom is -0.385 e. The summed E-state index contributed by atoms with van der Waals surface area (Å²) in [5, 5.41) is 22.8. The molecule has 2 unspecified atom stereocenters. The van der Waals surface area contributed by atoms with Crippen LogP contribution in [0.2, 0.25) is 0 Å². The van der Waals surface area contributed by atoms with Gasteiger partial charge in [0.2, 0.25) is 0 Å². The van der Waals surface area contributed by atoms with Crippen molar-refractivity contribution in [2.45, 2.75) is 57.8 Å². The fraction of sp³-hybridized carbons (Fsp3) is 0.500. The smallest absolute Gasteiger partial charge is 0.137 e. The second-order valence-electron chi connectivity index (χ2n) is 8.92. The zero-order valence-electron chi connectivity index (χ0n) is 17.3. The molecule has 2 aromatic rings. The summed E-state index contributed by atoms with van der Waals surface area (Å²) >= 11 is 3.50. The number of likely N-dealkylation sites (tertiary alicyclic amines) is 1. The number of halogens is 1. The summed E-state index contributed by atoms with van der Waals surface area (Å²) in [6.45, 7) is 9.72. The molecule has 2 aromatic carbocycles. The van der Waals surface area contributed by atoms with Crippen LogP contribution >= 0.6 is 15.9 Å². The number of aliphatic hydroxyl groups is 2. The second kappa shape index (κ2) is 8.27. The number of nitrogens with zero attached hydrogens (tertiary/aromatic N) is 1. The van der Waals surface area contributed by atoms with E-state index in [1.54, 1.807) is 6.92 Å². The van der Waals surface area contributed by atoms with Gasteiger partial charge in [-0.1, -0.05) is 73.1 Å². The lowest BCUT2D eigenvalue weighted by molar-refractivity contribution is -0.176. The summed E-state index contributed by atoms with van der Waals surface area (Å²) in [6.07, 6.45) is 1.21. The van der Waals surface area contributed by atoms with Gasteiger partial charge in [-0.3, -0.25) is 4.90 Å². The van der Waals surface area contributed by atoms with Gasteiger partial charge in [0, 0.05) is 23.0 Å². The molecule has 3 nitrogen and oxygen atoms in total. The van der Waals surface area contributed by atoms with Crippen molar-refractivity contribution in [3.63, 3.8) is 0 Å². The zero-order chi connectivity index (χ0) is 20.5. The van der Waals surface area contributed by atoms with Gasteiger partial charge in [-0.05, 0) is 54.5 Å². The normalized spacial score (nSPS) is 20.0. The highest BCUT2D eigenvalue weighted by molar-refractivity contribution is 9.10. The van der Waals surface area contributed by atoms with Crippen molar-refractivity contribution in [2.75, 3.05) is 13.1 Å². The summed E-state index contributed by atoms with van der Waals surface area (Å²) in [6, 6.07) is 16.4. The van der Waals surface area contributed by atoms with Crippen LogP contribution in [0, 0.1) is 5.92 Å². The van der Waals surface area contributed by atoms with E-state index < -0.39 is 17.2 Å². The Morgan fingerprint density at radius 3 is 2.18 bits per heavy atom. The molecule has 2 atom stereocenters. The lowest BCUT2D eigenvalue weighted by atomic mass is 9.67. The molecule has 1 saturated heterocycles. The van der Waals surface area contributed by atoms with Gasteiger partial charge in [0.05, 0.1) is 0 Å². The van der Waals surface area contributed by atoms with E-state index in [0.717, 1.165) is 47.1 Å². The lowest BCUT2D eigenvalue weighted by Crippen LogP contribution is -2.61. The molecule has 152 valence electrons. The van der Waals surface area contributed by atoms with Gasteiger partial charge in [0.1, 0.15) is 11.8 Å². The van der Waals surface area contributed by atoms with Crippen LogP contribution in [-0.4, -0.2) is 40.0 Å². The molecule has 0 aliphatic carbocycles. The molecule has 4 heteroatoms. The predicted molar refractivity (Wildman–Crippen MR) is 119 cm³/mol. The highest BCUT2D eigenvalue weighted by atomic mass is 79.9. The van der Waals surface area contributed by atoms with E-state index in [1.165, 1.54) is 0 Å². The van der Waals surface area contributed by atoms with Crippen molar-refractivity contribution < 1.29 is 10.2 Å². The lowest BCUT2D eigenvalue weighted by Gasteiger charge is -2.48. The quantitative estimate of drug-likeness (QED) is 0.664. The maximum Gasteiger partial charge on any atom is 0.137 e. The fourth-order valence-electron chi connectivity index (χ4n) is 4.13. The Balaban J connectivity index is 1.96. The maximum atomic E-state index is 11.6. The molecular weight excluding hydrogens is 414 g/mol. The molecule has 1 aliphatic rings. The largest absolute Gasteiger partial charge is 0.385 e. The van der Waals surface area contributed by atoms with Gasteiger partial charge in [-0.15, -0.1) is 0 Å². The molecule has 3 rings (SSSR count). The molecule has 0 saturated carbocycles. The number of benzene rings is 2. The molecule has 0 radical (unpaired) electrons. The Bertz CT molecular complexity index is 793. The molecule has 0 aromatic heterocycles. The fourth-order valence-corrected chi connectivity index (χ4v) is 4.40. The van der Waals surface area contributed by atoms with Crippen LogP contribution in [0.3, 0.4) is 0 Å². The highest BCUT2D eigenvalue weighted by Gasteiger charge is 2.49. The number of rotatable bonds is 5. The Morgan fingerprint density at radius 2 is 1.57 bits per heavy atom. The average molecular weight is 446 g/mol. The van der Waals surface area contributed by atoms with Crippen molar-refractivity contribution in [3.05, 3.63) is 58.6 Å². The SMILES string of the molecule is CC1CCN(C(O)C(C)(O)C(C)(C)c2ccccc2-c2ccc(Br)cc2)CC1. The van der Waals surface area contributed by atoms with E-state index in [-0.39, 0.29) is 0 Å². The van der Waals surface area contributed by atoms with Crippen LogP contribution in [-0.2, 0) is 5.41 Å². The Morgan fingerprint density at radius 1 is 1.00 bits per heavy atom. The molecule has 0 amide bonds. The van der Waals surface area contributed by atoms with Crippen LogP contribution in [0.25, 0.3) is 11.1 Å². The van der Waals surface area contributed by atoms with Gasteiger partial charge >= 0.3 is 0 Å². The van der Waals surface area contributed by atoms with E-state index in [2.05, 4.69) is 47.1 Å². The number of hydrogen-bond acceptors (Lipinski definition) is 3. The summed E-state index contributed by atoms with van der Waals surface area (Å²) in [4.78, 5) is 2.03. The van der Waals surface area contributed by atoms with Gasteiger partial charge < -0.3 is 10.2 Å². The van der Waals surface area contributed by atoms with Crippen molar-refractivity contribution >= 4 is 15.9 Å². The van der Waals surface area contributed by atoms with Gasteiger partial charge in [-0.25, -0.2) is 0 Å². The van der Waals surface area contributed by atoms with Crippen LogP contribution in [0.4, 0.5) is 0 Å². The highest BCUT2D eigenvalue weighted by Crippen LogP contribution is 2.43. The molecule has 1 heterocycles.